The number of thioether (sulfide) groups is 1. The maximum absolute atomic E-state index is 12.7. The summed E-state index contributed by atoms with van der Waals surface area (Å²) in [5, 5.41) is 14.2. The molecule has 3 rings (SSSR count). The lowest BCUT2D eigenvalue weighted by Gasteiger charge is -2.26. The van der Waals surface area contributed by atoms with Crippen molar-refractivity contribution in [1.82, 2.24) is 9.62 Å². The molecule has 2 aromatic carbocycles. The van der Waals surface area contributed by atoms with Crippen molar-refractivity contribution in [3.63, 3.8) is 0 Å². The molecule has 0 atom stereocenters. The first kappa shape index (κ1) is 25.0. The number of sulfonamides is 1. The molecule has 12 heteroatoms. The molecular weight excluding hydrogens is 470 g/mol. The first-order valence-electron chi connectivity index (χ1n) is 10.2. The fourth-order valence-electron chi connectivity index (χ4n) is 3.05. The zero-order valence-corrected chi connectivity index (χ0v) is 19.7. The number of nitrogens with zero attached hydrogens (tertiary/aromatic N) is 2. The van der Waals surface area contributed by atoms with E-state index in [2.05, 4.69) is 5.32 Å². The quantitative estimate of drug-likeness (QED) is 0.230. The standard InChI is InChI=1S/C21H25N3O7S2/c1-16-2-4-17(5-3-16)32-13-8-22-21(25)15-31-20-7-6-18(14-19(20)24(26)27)33(28,29)23-9-11-30-12-10-23/h2-7,14H,8-13,15H2,1H3,(H,22,25). The third-order valence-corrected chi connectivity index (χ3v) is 7.72. The van der Waals surface area contributed by atoms with Gasteiger partial charge < -0.3 is 14.8 Å². The Balaban J connectivity index is 1.54. The zero-order valence-electron chi connectivity index (χ0n) is 18.1. The third kappa shape index (κ3) is 6.90. The van der Waals surface area contributed by atoms with E-state index in [1.165, 1.54) is 22.0 Å². The lowest BCUT2D eigenvalue weighted by atomic mass is 10.2. The molecule has 1 saturated heterocycles. The molecule has 0 bridgehead atoms. The van der Waals surface area contributed by atoms with Crippen LogP contribution in [0, 0.1) is 17.0 Å². The average Bonchev–Trinajstić information content (AvgIpc) is 2.82. The van der Waals surface area contributed by atoms with Crippen LogP contribution in [-0.2, 0) is 19.6 Å². The summed E-state index contributed by atoms with van der Waals surface area (Å²) in [6.07, 6.45) is 0. The van der Waals surface area contributed by atoms with Gasteiger partial charge in [0.25, 0.3) is 5.91 Å². The first-order chi connectivity index (χ1) is 15.8. The highest BCUT2D eigenvalue weighted by atomic mass is 32.2. The molecule has 2 aromatic rings. The van der Waals surface area contributed by atoms with Gasteiger partial charge in [-0.1, -0.05) is 17.7 Å². The Bertz CT molecular complexity index is 1090. The number of rotatable bonds is 10. The normalized spacial score (nSPS) is 14.6. The number of benzene rings is 2. The van der Waals surface area contributed by atoms with Crippen LogP contribution in [0.2, 0.25) is 0 Å². The summed E-state index contributed by atoms with van der Waals surface area (Å²) in [5.74, 6) is 0.0483. The minimum atomic E-state index is -3.89. The van der Waals surface area contributed by atoms with E-state index in [4.69, 9.17) is 9.47 Å². The van der Waals surface area contributed by atoms with Crippen molar-refractivity contribution in [2.45, 2.75) is 16.7 Å². The highest BCUT2D eigenvalue weighted by molar-refractivity contribution is 7.99. The highest BCUT2D eigenvalue weighted by Crippen LogP contribution is 2.31. The average molecular weight is 496 g/mol. The first-order valence-corrected chi connectivity index (χ1v) is 12.7. The lowest BCUT2D eigenvalue weighted by Crippen LogP contribution is -2.40. The molecule has 0 spiro atoms. The van der Waals surface area contributed by atoms with Crippen LogP contribution in [0.5, 0.6) is 5.75 Å². The van der Waals surface area contributed by atoms with E-state index < -0.39 is 33.1 Å². The number of aryl methyl sites for hydroxylation is 1. The minimum Gasteiger partial charge on any atom is -0.477 e. The van der Waals surface area contributed by atoms with E-state index in [1.807, 2.05) is 31.2 Å². The summed E-state index contributed by atoms with van der Waals surface area (Å²) in [7, 11) is -3.89. The zero-order chi connectivity index (χ0) is 23.8. The van der Waals surface area contributed by atoms with E-state index in [9.17, 15) is 23.3 Å². The molecule has 1 aliphatic heterocycles. The van der Waals surface area contributed by atoms with Crippen molar-refractivity contribution in [1.29, 1.82) is 0 Å². The van der Waals surface area contributed by atoms with E-state index in [0.717, 1.165) is 11.0 Å². The van der Waals surface area contributed by atoms with Crippen molar-refractivity contribution >= 4 is 33.4 Å². The molecule has 1 fully saturated rings. The number of nitrogens with one attached hydrogen (secondary N) is 1. The summed E-state index contributed by atoms with van der Waals surface area (Å²) < 4.78 is 37.2. The monoisotopic (exact) mass is 495 g/mol. The van der Waals surface area contributed by atoms with Crippen LogP contribution < -0.4 is 10.1 Å². The van der Waals surface area contributed by atoms with Crippen molar-refractivity contribution in [3.8, 4) is 5.75 Å². The Hall–Kier alpha value is -2.67. The van der Waals surface area contributed by atoms with Gasteiger partial charge in [0.05, 0.1) is 23.0 Å². The van der Waals surface area contributed by atoms with Crippen LogP contribution in [0.25, 0.3) is 0 Å². The van der Waals surface area contributed by atoms with Crippen molar-refractivity contribution in [2.75, 3.05) is 45.2 Å². The molecule has 0 unspecified atom stereocenters. The van der Waals surface area contributed by atoms with Crippen molar-refractivity contribution in [3.05, 3.63) is 58.1 Å². The van der Waals surface area contributed by atoms with Gasteiger partial charge in [-0.2, -0.15) is 4.31 Å². The molecule has 33 heavy (non-hydrogen) atoms. The van der Waals surface area contributed by atoms with Gasteiger partial charge in [0, 0.05) is 36.3 Å². The van der Waals surface area contributed by atoms with E-state index >= 15 is 0 Å². The number of carbonyl (C=O) groups excluding carboxylic acids is 1. The number of amides is 1. The van der Waals surface area contributed by atoms with Crippen molar-refractivity contribution < 1.29 is 27.6 Å². The number of morpholine rings is 1. The third-order valence-electron chi connectivity index (χ3n) is 4.81. The molecule has 0 aliphatic carbocycles. The maximum atomic E-state index is 12.7. The molecule has 178 valence electrons. The van der Waals surface area contributed by atoms with Crippen molar-refractivity contribution in [2.24, 2.45) is 0 Å². The Morgan fingerprint density at radius 2 is 1.91 bits per heavy atom. The second-order valence-corrected chi connectivity index (χ2v) is 10.3. The van der Waals surface area contributed by atoms with Crippen LogP contribution >= 0.6 is 11.8 Å². The second kappa shape index (κ2) is 11.5. The largest absolute Gasteiger partial charge is 0.477 e. The Labute approximate surface area is 196 Å². The van der Waals surface area contributed by atoms with Gasteiger partial charge >= 0.3 is 5.69 Å². The predicted octanol–water partition coefficient (Wildman–Crippen LogP) is 2.21. The van der Waals surface area contributed by atoms with Gasteiger partial charge in [0.1, 0.15) is 0 Å². The molecule has 10 nitrogen and oxygen atoms in total. The number of ether oxygens (including phenoxy) is 2. The van der Waals surface area contributed by atoms with E-state index in [0.29, 0.717) is 12.3 Å². The Morgan fingerprint density at radius 3 is 2.58 bits per heavy atom. The molecule has 1 N–H and O–H groups in total. The van der Waals surface area contributed by atoms with Crippen LogP contribution in [0.1, 0.15) is 5.56 Å². The molecule has 0 aromatic heterocycles. The summed E-state index contributed by atoms with van der Waals surface area (Å²) in [6.45, 7) is 2.87. The lowest BCUT2D eigenvalue weighted by molar-refractivity contribution is -0.386. The van der Waals surface area contributed by atoms with E-state index in [1.54, 1.807) is 11.8 Å². The second-order valence-electron chi connectivity index (χ2n) is 7.20. The van der Waals surface area contributed by atoms with Crippen LogP contribution in [0.4, 0.5) is 5.69 Å². The molecule has 0 radical (unpaired) electrons. The molecular formula is C21H25N3O7S2. The number of nitro benzene ring substituents is 1. The highest BCUT2D eigenvalue weighted by Gasteiger charge is 2.29. The smallest absolute Gasteiger partial charge is 0.312 e. The minimum absolute atomic E-state index is 0.176. The Kier molecular flexibility index (Phi) is 8.67. The van der Waals surface area contributed by atoms with Gasteiger partial charge in [0.15, 0.2) is 12.4 Å². The Morgan fingerprint density at radius 1 is 1.21 bits per heavy atom. The molecule has 0 saturated carbocycles. The molecule has 1 aliphatic rings. The van der Waals surface area contributed by atoms with E-state index in [-0.39, 0.29) is 36.9 Å². The fraction of sp³-hybridized carbons (Fsp3) is 0.381. The predicted molar refractivity (Wildman–Crippen MR) is 123 cm³/mol. The number of hydrogen-bond donors (Lipinski definition) is 1. The van der Waals surface area contributed by atoms with Gasteiger partial charge in [-0.3, -0.25) is 14.9 Å². The number of carbonyl (C=O) groups is 1. The molecule has 1 amide bonds. The number of nitro groups is 1. The fourth-order valence-corrected chi connectivity index (χ4v) is 5.24. The summed E-state index contributed by atoms with van der Waals surface area (Å²) in [5.41, 5.74) is 0.651. The topological polar surface area (TPSA) is 128 Å². The SMILES string of the molecule is Cc1ccc(SCCNC(=O)COc2ccc(S(=O)(=O)N3CCOCC3)cc2[N+](=O)[O-])cc1. The summed E-state index contributed by atoms with van der Waals surface area (Å²) in [6, 6.07) is 11.4. The van der Waals surface area contributed by atoms with Gasteiger partial charge in [-0.25, -0.2) is 8.42 Å². The summed E-state index contributed by atoms with van der Waals surface area (Å²) >= 11 is 1.59. The summed E-state index contributed by atoms with van der Waals surface area (Å²) in [4.78, 5) is 23.7. The molecule has 1 heterocycles. The number of hydrogen-bond acceptors (Lipinski definition) is 8. The van der Waals surface area contributed by atoms with Crippen LogP contribution in [0.15, 0.2) is 52.3 Å². The van der Waals surface area contributed by atoms with Gasteiger partial charge in [0.2, 0.25) is 10.0 Å². The van der Waals surface area contributed by atoms with Gasteiger partial charge in [-0.15, -0.1) is 11.8 Å². The van der Waals surface area contributed by atoms with Crippen LogP contribution in [-0.4, -0.2) is 68.8 Å². The van der Waals surface area contributed by atoms with Crippen LogP contribution in [0.3, 0.4) is 0 Å². The van der Waals surface area contributed by atoms with Gasteiger partial charge in [-0.05, 0) is 31.2 Å². The maximum Gasteiger partial charge on any atom is 0.312 e.